The van der Waals surface area contributed by atoms with Crippen LogP contribution < -0.4 is 14.5 Å². The lowest BCUT2D eigenvalue weighted by atomic mass is 10.2. The van der Waals surface area contributed by atoms with Gasteiger partial charge in [-0.25, -0.2) is 14.6 Å². The number of amides is 3. The molecule has 0 aliphatic carbocycles. The number of para-hydroxylation sites is 2. The quantitative estimate of drug-likeness (QED) is 0.369. The molecule has 0 bridgehead atoms. The summed E-state index contributed by atoms with van der Waals surface area (Å²) in [7, 11) is 1.59. The zero-order valence-corrected chi connectivity index (χ0v) is 16.2. The van der Waals surface area contributed by atoms with E-state index in [0.717, 1.165) is 16.2 Å². The number of imide groups is 1. The van der Waals surface area contributed by atoms with Gasteiger partial charge in [0.05, 0.1) is 24.7 Å². The fourth-order valence-electron chi connectivity index (χ4n) is 3.02. The average Bonchev–Trinajstić information content (AvgIpc) is 3.05. The van der Waals surface area contributed by atoms with Crippen molar-refractivity contribution in [2.75, 3.05) is 16.9 Å². The number of rotatable bonds is 5. The number of methoxy groups -OCH3 is 1. The maximum absolute atomic E-state index is 13.1. The number of hydrogen-bond donors (Lipinski definition) is 0. The molecule has 0 aromatic heterocycles. The minimum absolute atomic E-state index is 0.0696. The van der Waals surface area contributed by atoms with Gasteiger partial charge >= 0.3 is 11.9 Å². The summed E-state index contributed by atoms with van der Waals surface area (Å²) < 4.78 is 5.13. The van der Waals surface area contributed by atoms with E-state index in [0.29, 0.717) is 11.4 Å². The van der Waals surface area contributed by atoms with Crippen LogP contribution in [0.2, 0.25) is 0 Å². The highest BCUT2D eigenvalue weighted by molar-refractivity contribution is 6.61. The zero-order chi connectivity index (χ0) is 20.9. The first-order valence-electron chi connectivity index (χ1n) is 9.23. The zero-order valence-electron chi connectivity index (χ0n) is 16.2. The molecule has 1 fully saturated rings. The minimum Gasteiger partial charge on any atom is -0.497 e. The van der Waals surface area contributed by atoms with E-state index in [9.17, 15) is 9.59 Å². The van der Waals surface area contributed by atoms with Crippen molar-refractivity contribution in [2.24, 2.45) is 10.2 Å². The molecule has 0 unspecified atom stereocenters. The van der Waals surface area contributed by atoms with Crippen molar-refractivity contribution in [1.82, 2.24) is 0 Å². The molecule has 0 radical (unpaired) electrons. The van der Waals surface area contributed by atoms with E-state index in [4.69, 9.17) is 4.74 Å². The van der Waals surface area contributed by atoms with E-state index in [1.54, 1.807) is 67.8 Å². The van der Waals surface area contributed by atoms with Crippen molar-refractivity contribution in [3.05, 3.63) is 90.5 Å². The molecule has 3 aromatic rings. The molecule has 0 saturated carbocycles. The largest absolute Gasteiger partial charge is 0.497 e. The van der Waals surface area contributed by atoms with Crippen LogP contribution in [-0.4, -0.2) is 31.1 Å². The highest BCUT2D eigenvalue weighted by Crippen LogP contribution is 2.27. The van der Waals surface area contributed by atoms with Gasteiger partial charge in [-0.2, -0.15) is 5.10 Å². The third kappa shape index (κ3) is 3.68. The van der Waals surface area contributed by atoms with Gasteiger partial charge in [0.1, 0.15) is 5.75 Å². The van der Waals surface area contributed by atoms with Gasteiger partial charge in [-0.1, -0.05) is 36.4 Å². The van der Waals surface area contributed by atoms with Gasteiger partial charge in [-0.15, -0.1) is 5.10 Å². The Hall–Kier alpha value is -4.26. The summed E-state index contributed by atoms with van der Waals surface area (Å²) in [6.07, 6.45) is 1.51. The Morgan fingerprint density at radius 2 is 1.33 bits per heavy atom. The standard InChI is InChI=1S/C23H18N4O3/c1-30-20-14-12-17(13-15-20)16-24-25-21-22(28)27(19-10-6-3-7-11-19)23(29)26(21)18-8-4-2-5-9-18/h2-16H,1H3/b24-16+,25-21+. The summed E-state index contributed by atoms with van der Waals surface area (Å²) in [5.74, 6) is 0.116. The molecular formula is C23H18N4O3. The molecule has 1 saturated heterocycles. The number of benzene rings is 3. The Bertz CT molecular complexity index is 1110. The number of urea groups is 1. The Kier molecular flexibility index (Phi) is 5.34. The molecule has 3 aromatic carbocycles. The van der Waals surface area contributed by atoms with Crippen molar-refractivity contribution < 1.29 is 14.3 Å². The summed E-state index contributed by atoms with van der Waals surface area (Å²) >= 11 is 0. The van der Waals surface area contributed by atoms with Crippen LogP contribution >= 0.6 is 0 Å². The number of carbonyl (C=O) groups is 2. The van der Waals surface area contributed by atoms with E-state index < -0.39 is 11.9 Å². The van der Waals surface area contributed by atoms with Gasteiger partial charge in [0.15, 0.2) is 0 Å². The fourth-order valence-corrected chi connectivity index (χ4v) is 3.02. The van der Waals surface area contributed by atoms with Crippen LogP contribution in [0.5, 0.6) is 5.75 Å². The monoisotopic (exact) mass is 398 g/mol. The Balaban J connectivity index is 1.70. The van der Waals surface area contributed by atoms with Gasteiger partial charge in [-0.05, 0) is 54.1 Å². The van der Waals surface area contributed by atoms with Crippen molar-refractivity contribution in [1.29, 1.82) is 0 Å². The van der Waals surface area contributed by atoms with Crippen molar-refractivity contribution in [3.63, 3.8) is 0 Å². The van der Waals surface area contributed by atoms with Crippen LogP contribution in [0, 0.1) is 0 Å². The molecule has 148 valence electrons. The molecule has 3 amide bonds. The van der Waals surface area contributed by atoms with Gasteiger partial charge < -0.3 is 4.74 Å². The second kappa shape index (κ2) is 8.40. The van der Waals surface area contributed by atoms with E-state index in [1.165, 1.54) is 11.1 Å². The number of ether oxygens (including phenoxy) is 1. The molecule has 0 N–H and O–H groups in total. The number of anilines is 2. The van der Waals surface area contributed by atoms with Gasteiger partial charge in [0.2, 0.25) is 5.84 Å². The molecule has 7 nitrogen and oxygen atoms in total. The first-order chi connectivity index (χ1) is 14.7. The normalized spacial score (nSPS) is 15.4. The first kappa shape index (κ1) is 19.1. The van der Waals surface area contributed by atoms with Crippen LogP contribution in [0.15, 0.2) is 95.1 Å². The van der Waals surface area contributed by atoms with E-state index >= 15 is 0 Å². The molecular weight excluding hydrogens is 380 g/mol. The van der Waals surface area contributed by atoms with Crippen LogP contribution in [0.25, 0.3) is 0 Å². The van der Waals surface area contributed by atoms with Crippen LogP contribution in [0.3, 0.4) is 0 Å². The molecule has 0 spiro atoms. The molecule has 4 rings (SSSR count). The molecule has 7 heteroatoms. The highest BCUT2D eigenvalue weighted by Gasteiger charge is 2.44. The summed E-state index contributed by atoms with van der Waals surface area (Å²) in [4.78, 5) is 28.5. The molecule has 30 heavy (non-hydrogen) atoms. The summed E-state index contributed by atoms with van der Waals surface area (Å²) in [5.41, 5.74) is 1.79. The topological polar surface area (TPSA) is 74.6 Å². The van der Waals surface area contributed by atoms with Gasteiger partial charge in [0.25, 0.3) is 0 Å². The Morgan fingerprint density at radius 1 is 0.767 bits per heavy atom. The smallest absolute Gasteiger partial charge is 0.342 e. The van der Waals surface area contributed by atoms with Crippen molar-refractivity contribution in [3.8, 4) is 5.75 Å². The molecule has 0 atom stereocenters. The number of amidine groups is 1. The SMILES string of the molecule is COc1ccc(/C=N/N=C2\C(=O)N(c3ccccc3)C(=O)N2c2ccccc2)cc1. The van der Waals surface area contributed by atoms with Gasteiger partial charge in [0, 0.05) is 0 Å². The summed E-state index contributed by atoms with van der Waals surface area (Å²) in [6, 6.07) is 24.3. The van der Waals surface area contributed by atoms with Crippen LogP contribution in [0.4, 0.5) is 16.2 Å². The van der Waals surface area contributed by atoms with Crippen molar-refractivity contribution >= 4 is 35.4 Å². The molecule has 1 aliphatic rings. The predicted octanol–water partition coefficient (Wildman–Crippen LogP) is 4.10. The maximum Gasteiger partial charge on any atom is 0.342 e. The lowest BCUT2D eigenvalue weighted by Gasteiger charge is -2.16. The maximum atomic E-state index is 13.1. The van der Waals surface area contributed by atoms with Crippen LogP contribution in [0.1, 0.15) is 5.56 Å². The summed E-state index contributed by atoms with van der Waals surface area (Å²) in [6.45, 7) is 0. The highest BCUT2D eigenvalue weighted by atomic mass is 16.5. The lowest BCUT2D eigenvalue weighted by molar-refractivity contribution is -0.111. The van der Waals surface area contributed by atoms with E-state index in [2.05, 4.69) is 10.2 Å². The minimum atomic E-state index is -0.540. The average molecular weight is 398 g/mol. The Morgan fingerprint density at radius 3 is 1.90 bits per heavy atom. The van der Waals surface area contributed by atoms with E-state index in [1.807, 2.05) is 24.3 Å². The fraction of sp³-hybridized carbons (Fsp3) is 0.0435. The van der Waals surface area contributed by atoms with E-state index in [-0.39, 0.29) is 5.84 Å². The first-order valence-corrected chi connectivity index (χ1v) is 9.23. The van der Waals surface area contributed by atoms with Crippen molar-refractivity contribution in [2.45, 2.75) is 0 Å². The second-order valence-corrected chi connectivity index (χ2v) is 6.37. The molecule has 1 aliphatic heterocycles. The number of hydrogen-bond acceptors (Lipinski definition) is 5. The number of nitrogens with zero attached hydrogens (tertiary/aromatic N) is 4. The Labute approximate surface area is 173 Å². The third-order valence-electron chi connectivity index (χ3n) is 4.49. The van der Waals surface area contributed by atoms with Gasteiger partial charge in [-0.3, -0.25) is 4.79 Å². The predicted molar refractivity (Wildman–Crippen MR) is 116 cm³/mol. The summed E-state index contributed by atoms with van der Waals surface area (Å²) in [5, 5.41) is 8.14. The molecule has 1 heterocycles. The van der Waals surface area contributed by atoms with Crippen LogP contribution in [-0.2, 0) is 4.79 Å². The second-order valence-electron chi connectivity index (χ2n) is 6.37. The third-order valence-corrected chi connectivity index (χ3v) is 4.49. The number of carbonyl (C=O) groups excluding carboxylic acids is 2. The lowest BCUT2D eigenvalue weighted by Crippen LogP contribution is -2.33.